The van der Waals surface area contributed by atoms with Crippen molar-refractivity contribution in [1.29, 1.82) is 0 Å². The van der Waals surface area contributed by atoms with E-state index in [4.69, 9.17) is 19.4 Å². The maximum Gasteiger partial charge on any atom is 0.163 e. The molecule has 0 fully saturated rings. The quantitative estimate of drug-likeness (QED) is 0.191. The van der Waals surface area contributed by atoms with Crippen LogP contribution in [0.1, 0.15) is 28.8 Å². The second-order valence-electron chi connectivity index (χ2n) is 14.7. The van der Waals surface area contributed by atoms with E-state index >= 15 is 0 Å². The molecule has 1 aliphatic carbocycles. The first-order valence-corrected chi connectivity index (χ1v) is 19.3. The molecule has 1 unspecified atom stereocenters. The second kappa shape index (κ2) is 12.4. The first-order valence-electron chi connectivity index (χ1n) is 19.3. The summed E-state index contributed by atoms with van der Waals surface area (Å²) in [5.41, 5.74) is 13.2. The van der Waals surface area contributed by atoms with Crippen molar-refractivity contribution in [2.75, 3.05) is 0 Å². The number of hydrogen-bond donors (Lipinski definition) is 1. The summed E-state index contributed by atoms with van der Waals surface area (Å²) in [6, 6.07) is 61.3. The Labute approximate surface area is 328 Å². The van der Waals surface area contributed by atoms with Crippen molar-refractivity contribution in [2.24, 2.45) is 0 Å². The van der Waals surface area contributed by atoms with E-state index in [1.165, 1.54) is 49.4 Å². The van der Waals surface area contributed by atoms with E-state index in [2.05, 4.69) is 145 Å². The van der Waals surface area contributed by atoms with Crippen molar-refractivity contribution in [2.45, 2.75) is 6.04 Å². The highest BCUT2D eigenvalue weighted by molar-refractivity contribution is 6.18. The molecule has 12 rings (SSSR count). The Morgan fingerprint density at radius 2 is 1.00 bits per heavy atom. The minimum atomic E-state index is -0.396. The van der Waals surface area contributed by atoms with Crippen LogP contribution in [0.25, 0.3) is 94.2 Å². The Morgan fingerprint density at radius 1 is 0.421 bits per heavy atom. The van der Waals surface area contributed by atoms with Crippen LogP contribution in [-0.4, -0.2) is 15.0 Å². The average Bonchev–Trinajstić information content (AvgIpc) is 3.84. The molecule has 57 heavy (non-hydrogen) atoms. The highest BCUT2D eigenvalue weighted by Crippen LogP contribution is 2.50. The molecule has 1 atom stereocenters. The average molecular weight is 729 g/mol. The lowest BCUT2D eigenvalue weighted by Gasteiger charge is -2.24. The molecule has 8 aromatic carbocycles. The number of nitrogens with zero attached hydrogens (tertiary/aromatic N) is 3. The zero-order valence-corrected chi connectivity index (χ0v) is 30.6. The van der Waals surface area contributed by atoms with Crippen LogP contribution in [0.3, 0.4) is 0 Å². The standard InChI is InChI=1S/C52H32N4O/c1-2-13-33(14-3-1)50-54-51(34-26-24-32(25-27-34)36-20-10-15-31-12-4-5-16-35(31)36)56-52(55-50)48-47-43-19-8-9-23-45(43)57-49(47)44(30-53-48)39-28-29-42-38-18-7-6-17-37(38)40-21-11-22-41(39)46(40)42/h1-30,48,53H. The Bertz CT molecular complexity index is 3240. The summed E-state index contributed by atoms with van der Waals surface area (Å²) in [7, 11) is 0. The molecular formula is C52H32N4O. The molecule has 0 saturated carbocycles. The molecule has 0 amide bonds. The fourth-order valence-electron chi connectivity index (χ4n) is 8.96. The Kier molecular flexibility index (Phi) is 6.92. The van der Waals surface area contributed by atoms with Crippen LogP contribution in [-0.2, 0) is 0 Å². The lowest BCUT2D eigenvalue weighted by atomic mass is 9.89. The monoisotopic (exact) mass is 728 g/mol. The number of rotatable bonds is 5. The molecular weight excluding hydrogens is 697 g/mol. The SMILES string of the molecule is C1=C(c2ccc3c4c(cccc24)-c2ccccc2-3)c2oc3ccccc3c2C(c2nc(-c3ccccc3)nc(-c3ccc(-c4cccc5ccccc45)cc3)n2)N1. The van der Waals surface area contributed by atoms with E-state index in [-0.39, 0.29) is 0 Å². The number of nitrogens with one attached hydrogen (secondary N) is 1. The van der Waals surface area contributed by atoms with Crippen molar-refractivity contribution in [3.05, 3.63) is 205 Å². The Morgan fingerprint density at radius 3 is 1.82 bits per heavy atom. The zero-order valence-electron chi connectivity index (χ0n) is 30.6. The van der Waals surface area contributed by atoms with E-state index < -0.39 is 6.04 Å². The highest BCUT2D eigenvalue weighted by atomic mass is 16.3. The van der Waals surface area contributed by atoms with Crippen molar-refractivity contribution in [3.8, 4) is 56.2 Å². The zero-order chi connectivity index (χ0) is 37.5. The largest absolute Gasteiger partial charge is 0.456 e. The predicted molar refractivity (Wildman–Crippen MR) is 230 cm³/mol. The molecule has 2 aromatic heterocycles. The van der Waals surface area contributed by atoms with Gasteiger partial charge in [-0.2, -0.15) is 0 Å². The van der Waals surface area contributed by atoms with Gasteiger partial charge in [-0.3, -0.25) is 0 Å². The Hall–Kier alpha value is -7.63. The Balaban J connectivity index is 1.01. The van der Waals surface area contributed by atoms with Gasteiger partial charge in [-0.05, 0) is 66.6 Å². The molecule has 0 bridgehead atoms. The number of hydrogen-bond acceptors (Lipinski definition) is 5. The van der Waals surface area contributed by atoms with Crippen LogP contribution in [0.2, 0.25) is 0 Å². The fraction of sp³-hybridized carbons (Fsp3) is 0.0192. The van der Waals surface area contributed by atoms with Gasteiger partial charge in [-0.1, -0.05) is 170 Å². The molecule has 3 heterocycles. The third-order valence-electron chi connectivity index (χ3n) is 11.6. The molecule has 10 aromatic rings. The van der Waals surface area contributed by atoms with E-state index in [1.807, 2.05) is 42.5 Å². The third kappa shape index (κ3) is 4.92. The van der Waals surface area contributed by atoms with Gasteiger partial charge < -0.3 is 9.73 Å². The molecule has 266 valence electrons. The molecule has 0 saturated heterocycles. The number of furan rings is 1. The lowest BCUT2D eigenvalue weighted by Crippen LogP contribution is -2.25. The van der Waals surface area contributed by atoms with Crippen LogP contribution >= 0.6 is 0 Å². The van der Waals surface area contributed by atoms with Gasteiger partial charge in [-0.25, -0.2) is 15.0 Å². The van der Waals surface area contributed by atoms with Crippen molar-refractivity contribution < 1.29 is 4.42 Å². The minimum absolute atomic E-state index is 0.396. The van der Waals surface area contributed by atoms with Crippen LogP contribution in [0, 0.1) is 0 Å². The first-order chi connectivity index (χ1) is 28.3. The van der Waals surface area contributed by atoms with Crippen LogP contribution in [0.4, 0.5) is 0 Å². The third-order valence-corrected chi connectivity index (χ3v) is 11.6. The van der Waals surface area contributed by atoms with Gasteiger partial charge in [0.15, 0.2) is 17.5 Å². The number of fused-ring (bicyclic) bond motifs is 7. The van der Waals surface area contributed by atoms with Crippen molar-refractivity contribution >= 4 is 38.1 Å². The van der Waals surface area contributed by atoms with E-state index in [0.29, 0.717) is 17.5 Å². The van der Waals surface area contributed by atoms with Crippen LogP contribution in [0.5, 0.6) is 0 Å². The summed E-state index contributed by atoms with van der Waals surface area (Å²) in [5.74, 6) is 2.67. The minimum Gasteiger partial charge on any atom is -0.456 e. The van der Waals surface area contributed by atoms with Gasteiger partial charge in [0.2, 0.25) is 0 Å². The van der Waals surface area contributed by atoms with E-state index in [0.717, 1.165) is 50.1 Å². The van der Waals surface area contributed by atoms with Gasteiger partial charge in [0.05, 0.1) is 0 Å². The first kappa shape index (κ1) is 31.7. The van der Waals surface area contributed by atoms with Gasteiger partial charge in [0.1, 0.15) is 17.4 Å². The fourth-order valence-corrected chi connectivity index (χ4v) is 8.96. The summed E-state index contributed by atoms with van der Waals surface area (Å²) >= 11 is 0. The molecule has 0 spiro atoms. The summed E-state index contributed by atoms with van der Waals surface area (Å²) in [5, 5.41) is 9.71. The smallest absolute Gasteiger partial charge is 0.163 e. The molecule has 2 aliphatic rings. The second-order valence-corrected chi connectivity index (χ2v) is 14.7. The van der Waals surface area contributed by atoms with Gasteiger partial charge in [0.25, 0.3) is 0 Å². The number of aromatic nitrogens is 3. The van der Waals surface area contributed by atoms with Crippen LogP contribution in [0.15, 0.2) is 187 Å². The van der Waals surface area contributed by atoms with Crippen LogP contribution < -0.4 is 5.32 Å². The van der Waals surface area contributed by atoms with Crippen molar-refractivity contribution in [1.82, 2.24) is 20.3 Å². The maximum atomic E-state index is 6.83. The molecule has 5 heteroatoms. The van der Waals surface area contributed by atoms with Gasteiger partial charge >= 0.3 is 0 Å². The van der Waals surface area contributed by atoms with Gasteiger partial charge in [0, 0.05) is 33.8 Å². The highest BCUT2D eigenvalue weighted by Gasteiger charge is 2.34. The van der Waals surface area contributed by atoms with E-state index in [1.54, 1.807) is 0 Å². The number of para-hydroxylation sites is 1. The van der Waals surface area contributed by atoms with Gasteiger partial charge in [-0.15, -0.1) is 0 Å². The lowest BCUT2D eigenvalue weighted by molar-refractivity contribution is 0.569. The predicted octanol–water partition coefficient (Wildman–Crippen LogP) is 12.7. The van der Waals surface area contributed by atoms with E-state index in [9.17, 15) is 0 Å². The molecule has 0 radical (unpaired) electrons. The topological polar surface area (TPSA) is 63.8 Å². The normalized spacial score (nSPS) is 14.0. The summed E-state index contributed by atoms with van der Waals surface area (Å²) < 4.78 is 6.83. The maximum absolute atomic E-state index is 6.83. The number of benzene rings is 8. The molecule has 5 nitrogen and oxygen atoms in total. The summed E-state index contributed by atoms with van der Waals surface area (Å²) in [6.07, 6.45) is 2.09. The van der Waals surface area contributed by atoms with Crippen molar-refractivity contribution in [3.63, 3.8) is 0 Å². The molecule has 1 aliphatic heterocycles. The molecule has 1 N–H and O–H groups in total. The summed E-state index contributed by atoms with van der Waals surface area (Å²) in [4.78, 5) is 15.5. The summed E-state index contributed by atoms with van der Waals surface area (Å²) in [6.45, 7) is 0.